The predicted octanol–water partition coefficient (Wildman–Crippen LogP) is 1.34. The summed E-state index contributed by atoms with van der Waals surface area (Å²) < 4.78 is 43.0. The maximum atomic E-state index is 13.1. The van der Waals surface area contributed by atoms with Gasteiger partial charge in [-0.25, -0.2) is 4.39 Å². The Morgan fingerprint density at radius 2 is 2.12 bits per heavy atom. The minimum absolute atomic E-state index is 0.296. The van der Waals surface area contributed by atoms with Gasteiger partial charge in [0, 0.05) is 13.1 Å². The van der Waals surface area contributed by atoms with Crippen LogP contribution < -0.4 is 15.5 Å². The molecule has 0 saturated heterocycles. The number of likely N-dealkylation sites (N-methyl/N-ethyl adjacent to an activating group) is 1. The van der Waals surface area contributed by atoms with Gasteiger partial charge in [0.05, 0.1) is 0 Å². The van der Waals surface area contributed by atoms with Crippen LogP contribution in [0.25, 0.3) is 0 Å². The fraction of sp³-hybridized carbons (Fsp3) is 0.222. The first-order chi connectivity index (χ1) is 7.90. The lowest BCUT2D eigenvalue weighted by Crippen LogP contribution is -2.42. The van der Waals surface area contributed by atoms with Crippen LogP contribution in [0.4, 0.5) is 18.9 Å². The lowest BCUT2D eigenvalue weighted by molar-refractivity contribution is -0.192. The fourth-order valence-electron chi connectivity index (χ4n) is 1.00. The number of benzene rings is 1. The Morgan fingerprint density at radius 1 is 1.47 bits per heavy atom. The summed E-state index contributed by atoms with van der Waals surface area (Å²) in [5, 5.41) is 10.3. The van der Waals surface area contributed by atoms with E-state index in [-0.39, 0.29) is 5.69 Å². The molecule has 1 rings (SSSR count). The summed E-state index contributed by atoms with van der Waals surface area (Å²) in [5.41, 5.74) is 1.25. The zero-order chi connectivity index (χ0) is 13.1. The van der Waals surface area contributed by atoms with E-state index in [1.54, 1.807) is 10.8 Å². The Bertz CT molecular complexity index is 426. The second-order valence-electron chi connectivity index (χ2n) is 2.95. The number of halogens is 3. The average Bonchev–Trinajstić information content (AvgIpc) is 2.27. The molecule has 1 aromatic rings. The van der Waals surface area contributed by atoms with E-state index in [9.17, 15) is 18.0 Å². The smallest absolute Gasteiger partial charge is 0.423 e. The number of hydrogen-bond acceptors (Lipinski definition) is 4. The third kappa shape index (κ3) is 3.00. The van der Waals surface area contributed by atoms with Gasteiger partial charge in [-0.05, 0) is 12.1 Å². The molecule has 3 N–H and O–H groups in total. The van der Waals surface area contributed by atoms with E-state index in [0.717, 1.165) is 19.2 Å². The molecule has 0 radical (unpaired) electrons. The third-order valence-electron chi connectivity index (χ3n) is 1.79. The molecule has 0 fully saturated rings. The van der Waals surface area contributed by atoms with Gasteiger partial charge in [-0.2, -0.15) is 8.78 Å². The number of carbonyl (C=O) groups excluding carboxylic acids is 1. The number of rotatable bonds is 4. The largest absolute Gasteiger partial charge is 0.482 e. The van der Waals surface area contributed by atoms with Crippen LogP contribution in [0.2, 0.25) is 0 Å². The monoisotopic (exact) mass is 250 g/mol. The highest BCUT2D eigenvalue weighted by molar-refractivity contribution is 5.82. The summed E-state index contributed by atoms with van der Waals surface area (Å²) >= 11 is 0. The molecule has 94 valence electrons. The number of amides is 1. The van der Waals surface area contributed by atoms with Gasteiger partial charge in [-0.15, -0.1) is 0 Å². The standard InChI is InChI=1S/C9H9F3N2O3/c1-13-8(15)9(11,12)17-7-4-5(10)2-3-6(7)14-16/h2-4,14,16H,1H3,(H,13,15). The highest BCUT2D eigenvalue weighted by Crippen LogP contribution is 2.30. The Morgan fingerprint density at radius 3 is 2.65 bits per heavy atom. The summed E-state index contributed by atoms with van der Waals surface area (Å²) in [4.78, 5) is 10.8. The molecular weight excluding hydrogens is 241 g/mol. The molecule has 0 heterocycles. The molecule has 0 aliphatic rings. The Labute approximate surface area is 94.1 Å². The maximum absolute atomic E-state index is 13.1. The van der Waals surface area contributed by atoms with Crippen molar-refractivity contribution >= 4 is 11.6 Å². The van der Waals surface area contributed by atoms with Gasteiger partial charge in [0.1, 0.15) is 11.5 Å². The van der Waals surface area contributed by atoms with Crippen molar-refractivity contribution in [3.05, 3.63) is 24.0 Å². The molecule has 8 heteroatoms. The Kier molecular flexibility index (Phi) is 3.79. The summed E-state index contributed by atoms with van der Waals surface area (Å²) in [6, 6.07) is 2.50. The molecule has 0 bridgehead atoms. The van der Waals surface area contributed by atoms with E-state index in [1.807, 2.05) is 0 Å². The fourth-order valence-corrected chi connectivity index (χ4v) is 1.00. The van der Waals surface area contributed by atoms with Crippen molar-refractivity contribution in [2.45, 2.75) is 6.11 Å². The van der Waals surface area contributed by atoms with Gasteiger partial charge in [-0.3, -0.25) is 15.5 Å². The molecule has 0 spiro atoms. The first-order valence-electron chi connectivity index (χ1n) is 4.39. The van der Waals surface area contributed by atoms with Crippen molar-refractivity contribution in [1.82, 2.24) is 5.32 Å². The van der Waals surface area contributed by atoms with Crippen molar-refractivity contribution in [1.29, 1.82) is 0 Å². The lowest BCUT2D eigenvalue weighted by atomic mass is 10.3. The number of nitrogens with one attached hydrogen (secondary N) is 2. The van der Waals surface area contributed by atoms with E-state index in [0.29, 0.717) is 6.07 Å². The number of ether oxygens (including phenoxy) is 1. The first kappa shape index (κ1) is 13.1. The molecule has 0 aliphatic carbocycles. The molecule has 0 aromatic heterocycles. The highest BCUT2D eigenvalue weighted by atomic mass is 19.3. The minimum Gasteiger partial charge on any atom is -0.423 e. The predicted molar refractivity (Wildman–Crippen MR) is 51.5 cm³/mol. The van der Waals surface area contributed by atoms with E-state index in [2.05, 4.69) is 4.74 Å². The lowest BCUT2D eigenvalue weighted by Gasteiger charge is -2.17. The molecule has 5 nitrogen and oxygen atoms in total. The van der Waals surface area contributed by atoms with E-state index < -0.39 is 23.6 Å². The summed E-state index contributed by atoms with van der Waals surface area (Å²) in [6.07, 6.45) is -4.17. The number of carbonyl (C=O) groups is 1. The van der Waals surface area contributed by atoms with Crippen molar-refractivity contribution in [3.8, 4) is 5.75 Å². The van der Waals surface area contributed by atoms with E-state index >= 15 is 0 Å². The normalized spacial score (nSPS) is 10.9. The van der Waals surface area contributed by atoms with Crippen LogP contribution in [0.15, 0.2) is 18.2 Å². The number of alkyl halides is 2. The second kappa shape index (κ2) is 4.91. The minimum atomic E-state index is -4.17. The van der Waals surface area contributed by atoms with Crippen molar-refractivity contribution < 1.29 is 27.9 Å². The second-order valence-corrected chi connectivity index (χ2v) is 2.95. The SMILES string of the molecule is CNC(=O)C(F)(F)Oc1cc(F)ccc1NO. The molecular formula is C9H9F3N2O3. The molecule has 17 heavy (non-hydrogen) atoms. The van der Waals surface area contributed by atoms with Crippen LogP contribution in [-0.2, 0) is 4.79 Å². The van der Waals surface area contributed by atoms with Gasteiger partial charge in [-0.1, -0.05) is 0 Å². The third-order valence-corrected chi connectivity index (χ3v) is 1.79. The quantitative estimate of drug-likeness (QED) is 0.705. The zero-order valence-electron chi connectivity index (χ0n) is 8.63. The summed E-state index contributed by atoms with van der Waals surface area (Å²) in [5.74, 6) is -3.24. The average molecular weight is 250 g/mol. The molecule has 1 aromatic carbocycles. The molecule has 0 atom stereocenters. The van der Waals surface area contributed by atoms with E-state index in [1.165, 1.54) is 0 Å². The Balaban J connectivity index is 3.01. The Hall–Kier alpha value is -1.96. The molecule has 1 amide bonds. The van der Waals surface area contributed by atoms with Crippen molar-refractivity contribution in [2.24, 2.45) is 0 Å². The van der Waals surface area contributed by atoms with Crippen LogP contribution in [0, 0.1) is 5.82 Å². The van der Waals surface area contributed by atoms with Gasteiger partial charge < -0.3 is 10.1 Å². The van der Waals surface area contributed by atoms with Crippen LogP contribution >= 0.6 is 0 Å². The van der Waals surface area contributed by atoms with Crippen LogP contribution in [0.5, 0.6) is 5.75 Å². The summed E-state index contributed by atoms with van der Waals surface area (Å²) in [6.45, 7) is 0. The van der Waals surface area contributed by atoms with Crippen LogP contribution in [0.1, 0.15) is 0 Å². The van der Waals surface area contributed by atoms with Gasteiger partial charge in [0.2, 0.25) is 0 Å². The highest BCUT2D eigenvalue weighted by Gasteiger charge is 2.42. The topological polar surface area (TPSA) is 70.6 Å². The van der Waals surface area contributed by atoms with Gasteiger partial charge in [0.25, 0.3) is 0 Å². The zero-order valence-corrected chi connectivity index (χ0v) is 8.63. The summed E-state index contributed by atoms with van der Waals surface area (Å²) in [7, 11) is 0.996. The first-order valence-corrected chi connectivity index (χ1v) is 4.39. The number of anilines is 1. The van der Waals surface area contributed by atoms with Crippen LogP contribution in [0.3, 0.4) is 0 Å². The molecule has 0 aliphatic heterocycles. The maximum Gasteiger partial charge on any atom is 0.482 e. The van der Waals surface area contributed by atoms with E-state index in [4.69, 9.17) is 5.21 Å². The van der Waals surface area contributed by atoms with Crippen molar-refractivity contribution in [3.63, 3.8) is 0 Å². The molecule has 0 saturated carbocycles. The van der Waals surface area contributed by atoms with Crippen LogP contribution in [-0.4, -0.2) is 24.3 Å². The van der Waals surface area contributed by atoms with Gasteiger partial charge in [0.15, 0.2) is 5.75 Å². The van der Waals surface area contributed by atoms with Crippen molar-refractivity contribution in [2.75, 3.05) is 12.5 Å². The number of hydrogen-bond donors (Lipinski definition) is 3. The molecule has 0 unspecified atom stereocenters. The van der Waals surface area contributed by atoms with Gasteiger partial charge >= 0.3 is 12.0 Å².